The molecule has 0 saturated heterocycles. The molecule has 17 heavy (non-hydrogen) atoms. The maximum Gasteiger partial charge on any atom is 0.253 e. The Morgan fingerprint density at radius 3 is 2.29 bits per heavy atom. The molecular weight excluding hydrogens is 220 g/mol. The van der Waals surface area contributed by atoms with Crippen LogP contribution in [-0.2, 0) is 9.53 Å². The zero-order valence-corrected chi connectivity index (χ0v) is 10.1. The second-order valence-corrected chi connectivity index (χ2v) is 3.52. The number of hydrogen-bond donors (Lipinski definition) is 2. The topological polar surface area (TPSA) is 67.4 Å². The van der Waals surface area contributed by atoms with Crippen molar-refractivity contribution < 1.29 is 14.3 Å². The Morgan fingerprint density at radius 2 is 1.82 bits per heavy atom. The third-order valence-electron chi connectivity index (χ3n) is 2.36. The highest BCUT2D eigenvalue weighted by Gasteiger charge is 2.11. The third kappa shape index (κ3) is 3.57. The number of ether oxygens (including phenoxy) is 1. The smallest absolute Gasteiger partial charge is 0.253 e. The van der Waals surface area contributed by atoms with Crippen LogP contribution in [0.2, 0.25) is 0 Å². The quantitative estimate of drug-likeness (QED) is 0.820. The monoisotopic (exact) mass is 236 g/mol. The largest absolute Gasteiger partial charge is 0.372 e. The fraction of sp³-hybridized carbons (Fsp3) is 0.333. The second kappa shape index (κ2) is 6.00. The number of amides is 2. The molecule has 5 heteroatoms. The summed E-state index contributed by atoms with van der Waals surface area (Å²) in [4.78, 5) is 22.8. The van der Waals surface area contributed by atoms with E-state index in [4.69, 9.17) is 4.74 Å². The lowest BCUT2D eigenvalue weighted by atomic mass is 10.2. The van der Waals surface area contributed by atoms with E-state index in [9.17, 15) is 9.59 Å². The molecular formula is C12H16N2O3. The van der Waals surface area contributed by atoms with E-state index in [0.717, 1.165) is 0 Å². The van der Waals surface area contributed by atoms with Crippen molar-refractivity contribution in [3.63, 3.8) is 0 Å². The normalized spacial score (nSPS) is 11.7. The standard InChI is InChI=1S/C12H16N2O3/c1-8(17-3)11(15)14-10-6-4-9(5-7-10)12(16)13-2/h4-8H,1-3H3,(H,13,16)(H,14,15). The van der Waals surface area contributed by atoms with Gasteiger partial charge >= 0.3 is 0 Å². The molecule has 5 nitrogen and oxygen atoms in total. The number of nitrogens with one attached hydrogen (secondary N) is 2. The van der Waals surface area contributed by atoms with Crippen LogP contribution < -0.4 is 10.6 Å². The predicted molar refractivity (Wildman–Crippen MR) is 64.9 cm³/mol. The maximum absolute atomic E-state index is 11.5. The first-order valence-electron chi connectivity index (χ1n) is 5.24. The van der Waals surface area contributed by atoms with Gasteiger partial charge in [-0.25, -0.2) is 0 Å². The Morgan fingerprint density at radius 1 is 1.24 bits per heavy atom. The van der Waals surface area contributed by atoms with Crippen LogP contribution in [0.3, 0.4) is 0 Å². The molecule has 1 aromatic carbocycles. The molecule has 1 unspecified atom stereocenters. The van der Waals surface area contributed by atoms with Gasteiger partial charge in [0.25, 0.3) is 11.8 Å². The van der Waals surface area contributed by atoms with Crippen molar-refractivity contribution in [1.29, 1.82) is 0 Å². The lowest BCUT2D eigenvalue weighted by molar-refractivity contribution is -0.124. The van der Waals surface area contributed by atoms with Gasteiger partial charge in [-0.15, -0.1) is 0 Å². The highest BCUT2D eigenvalue weighted by Crippen LogP contribution is 2.10. The van der Waals surface area contributed by atoms with Crippen LogP contribution >= 0.6 is 0 Å². The Hall–Kier alpha value is -1.88. The molecule has 0 aliphatic heterocycles. The molecule has 0 fully saturated rings. The molecule has 0 aromatic heterocycles. The summed E-state index contributed by atoms with van der Waals surface area (Å²) in [6.45, 7) is 1.66. The second-order valence-electron chi connectivity index (χ2n) is 3.52. The summed E-state index contributed by atoms with van der Waals surface area (Å²) in [6.07, 6.45) is -0.506. The van der Waals surface area contributed by atoms with E-state index >= 15 is 0 Å². The molecule has 92 valence electrons. The summed E-state index contributed by atoms with van der Waals surface area (Å²) in [5.41, 5.74) is 1.18. The fourth-order valence-electron chi connectivity index (χ4n) is 1.20. The van der Waals surface area contributed by atoms with Crippen molar-refractivity contribution in [3.8, 4) is 0 Å². The number of hydrogen-bond acceptors (Lipinski definition) is 3. The number of benzene rings is 1. The minimum Gasteiger partial charge on any atom is -0.372 e. The van der Waals surface area contributed by atoms with E-state index < -0.39 is 6.10 Å². The first kappa shape index (κ1) is 13.2. The minimum absolute atomic E-state index is 0.159. The zero-order valence-electron chi connectivity index (χ0n) is 10.1. The first-order valence-corrected chi connectivity index (χ1v) is 5.24. The number of methoxy groups -OCH3 is 1. The zero-order chi connectivity index (χ0) is 12.8. The molecule has 0 aliphatic carbocycles. The van der Waals surface area contributed by atoms with E-state index in [1.54, 1.807) is 38.2 Å². The van der Waals surface area contributed by atoms with Crippen LogP contribution in [0.25, 0.3) is 0 Å². The van der Waals surface area contributed by atoms with Gasteiger partial charge in [0.1, 0.15) is 6.10 Å². The van der Waals surface area contributed by atoms with Crippen LogP contribution in [-0.4, -0.2) is 32.1 Å². The molecule has 0 spiro atoms. The highest BCUT2D eigenvalue weighted by atomic mass is 16.5. The average molecular weight is 236 g/mol. The van der Waals surface area contributed by atoms with Gasteiger partial charge in [0, 0.05) is 25.4 Å². The van der Waals surface area contributed by atoms with Crippen molar-refractivity contribution in [1.82, 2.24) is 5.32 Å². The summed E-state index contributed by atoms with van der Waals surface area (Å²) >= 11 is 0. The van der Waals surface area contributed by atoms with Crippen molar-refractivity contribution in [2.75, 3.05) is 19.5 Å². The summed E-state index contributed by atoms with van der Waals surface area (Å²) in [5, 5.41) is 5.20. The average Bonchev–Trinajstić information content (AvgIpc) is 2.37. The Balaban J connectivity index is 2.69. The third-order valence-corrected chi connectivity index (χ3v) is 2.36. The number of rotatable bonds is 4. The Labute approximate surface area is 100 Å². The number of carbonyl (C=O) groups excluding carboxylic acids is 2. The van der Waals surface area contributed by atoms with Gasteiger partial charge in [-0.3, -0.25) is 9.59 Å². The molecule has 1 rings (SSSR count). The van der Waals surface area contributed by atoms with E-state index in [-0.39, 0.29) is 11.8 Å². The summed E-state index contributed by atoms with van der Waals surface area (Å²) < 4.78 is 4.89. The molecule has 1 aromatic rings. The number of anilines is 1. The van der Waals surface area contributed by atoms with Gasteiger partial charge < -0.3 is 15.4 Å². The van der Waals surface area contributed by atoms with Gasteiger partial charge in [-0.2, -0.15) is 0 Å². The molecule has 0 heterocycles. The summed E-state index contributed by atoms with van der Waals surface area (Å²) in [5.74, 6) is -0.381. The molecule has 0 aliphatic rings. The molecule has 2 amide bonds. The van der Waals surface area contributed by atoms with Crippen LogP contribution in [0.1, 0.15) is 17.3 Å². The highest BCUT2D eigenvalue weighted by molar-refractivity contribution is 5.96. The lowest BCUT2D eigenvalue weighted by Crippen LogP contribution is -2.26. The molecule has 0 bridgehead atoms. The molecule has 1 atom stereocenters. The predicted octanol–water partition coefficient (Wildman–Crippen LogP) is 1.02. The van der Waals surface area contributed by atoms with E-state index in [0.29, 0.717) is 11.3 Å². The molecule has 0 saturated carbocycles. The van der Waals surface area contributed by atoms with Gasteiger partial charge in [0.05, 0.1) is 0 Å². The SMILES string of the molecule is CNC(=O)c1ccc(NC(=O)C(C)OC)cc1. The lowest BCUT2D eigenvalue weighted by Gasteiger charge is -2.10. The van der Waals surface area contributed by atoms with Gasteiger partial charge in [0.2, 0.25) is 0 Å². The minimum atomic E-state index is -0.506. The van der Waals surface area contributed by atoms with E-state index in [1.165, 1.54) is 7.11 Å². The van der Waals surface area contributed by atoms with Crippen LogP contribution in [0, 0.1) is 0 Å². The Kier molecular flexibility index (Phi) is 4.66. The van der Waals surface area contributed by atoms with Gasteiger partial charge in [-0.1, -0.05) is 0 Å². The van der Waals surface area contributed by atoms with Gasteiger partial charge in [0.15, 0.2) is 0 Å². The Bertz CT molecular complexity index is 401. The van der Waals surface area contributed by atoms with Crippen LogP contribution in [0.5, 0.6) is 0 Å². The van der Waals surface area contributed by atoms with Crippen molar-refractivity contribution in [3.05, 3.63) is 29.8 Å². The van der Waals surface area contributed by atoms with E-state index in [2.05, 4.69) is 10.6 Å². The van der Waals surface area contributed by atoms with Crippen LogP contribution in [0.4, 0.5) is 5.69 Å². The van der Waals surface area contributed by atoms with E-state index in [1.807, 2.05) is 0 Å². The molecule has 0 radical (unpaired) electrons. The van der Waals surface area contributed by atoms with Crippen molar-refractivity contribution in [2.24, 2.45) is 0 Å². The first-order chi connectivity index (χ1) is 8.08. The maximum atomic E-state index is 11.5. The van der Waals surface area contributed by atoms with Gasteiger partial charge in [-0.05, 0) is 31.2 Å². The fourth-order valence-corrected chi connectivity index (χ4v) is 1.20. The summed E-state index contributed by atoms with van der Waals surface area (Å²) in [6, 6.07) is 6.63. The van der Waals surface area contributed by atoms with Crippen molar-refractivity contribution in [2.45, 2.75) is 13.0 Å². The summed E-state index contributed by atoms with van der Waals surface area (Å²) in [7, 11) is 3.04. The van der Waals surface area contributed by atoms with Crippen LogP contribution in [0.15, 0.2) is 24.3 Å². The number of carbonyl (C=O) groups is 2. The molecule has 2 N–H and O–H groups in total. The van der Waals surface area contributed by atoms with Crippen molar-refractivity contribution >= 4 is 17.5 Å².